The van der Waals surface area contributed by atoms with Gasteiger partial charge in [0.05, 0.1) is 6.61 Å². The molecule has 0 saturated heterocycles. The number of anilines is 1. The van der Waals surface area contributed by atoms with Crippen molar-refractivity contribution < 1.29 is 14.7 Å². The molecule has 0 radical (unpaired) electrons. The minimum Gasteiger partial charge on any atom is -0.396 e. The molecule has 1 fully saturated rings. The molecule has 1 aliphatic carbocycles. The van der Waals surface area contributed by atoms with Crippen molar-refractivity contribution in [3.63, 3.8) is 0 Å². The monoisotopic (exact) mass is 290 g/mol. The number of ketones is 1. The van der Waals surface area contributed by atoms with Crippen LogP contribution in [-0.4, -0.2) is 30.1 Å². The van der Waals surface area contributed by atoms with Gasteiger partial charge in [-0.05, 0) is 44.0 Å². The van der Waals surface area contributed by atoms with Crippen LogP contribution in [0, 0.1) is 5.41 Å². The highest BCUT2D eigenvalue weighted by molar-refractivity contribution is 5.95. The Hall–Kier alpha value is -1.88. The lowest BCUT2D eigenvalue weighted by Crippen LogP contribution is -2.40. The zero-order chi connectivity index (χ0) is 15.3. The number of aliphatic hydroxyl groups excluding tert-OH is 1. The van der Waals surface area contributed by atoms with Crippen LogP contribution in [0.25, 0.3) is 0 Å². The number of Topliss-reactive ketones (excluding diaryl/α,β-unsaturated/α-hetero) is 1. The molecule has 2 rings (SSSR count). The standard InChI is InChI=1S/C16H22N2O3/c1-12(20)13-4-6-14(7-5-13)18-15(21)17-10-16(11-19)8-2-3-9-16/h4-7,19H,2-3,8-11H2,1H3,(H2,17,18,21). The molecule has 0 bridgehead atoms. The summed E-state index contributed by atoms with van der Waals surface area (Å²) in [6, 6.07) is 6.49. The zero-order valence-electron chi connectivity index (χ0n) is 12.3. The van der Waals surface area contributed by atoms with E-state index in [0.29, 0.717) is 17.8 Å². The van der Waals surface area contributed by atoms with Crippen molar-refractivity contribution in [2.75, 3.05) is 18.5 Å². The van der Waals surface area contributed by atoms with Crippen LogP contribution in [0.5, 0.6) is 0 Å². The maximum absolute atomic E-state index is 11.9. The normalized spacial score (nSPS) is 16.5. The van der Waals surface area contributed by atoms with Gasteiger partial charge in [0.25, 0.3) is 0 Å². The molecule has 21 heavy (non-hydrogen) atoms. The predicted octanol–water partition coefficient (Wildman–Crippen LogP) is 2.56. The topological polar surface area (TPSA) is 78.4 Å². The molecule has 1 aliphatic rings. The van der Waals surface area contributed by atoms with E-state index in [0.717, 1.165) is 25.7 Å². The number of carbonyl (C=O) groups excluding carboxylic acids is 2. The van der Waals surface area contributed by atoms with E-state index in [4.69, 9.17) is 0 Å². The highest BCUT2D eigenvalue weighted by Crippen LogP contribution is 2.36. The van der Waals surface area contributed by atoms with Gasteiger partial charge in [-0.1, -0.05) is 12.8 Å². The summed E-state index contributed by atoms with van der Waals surface area (Å²) >= 11 is 0. The number of hydrogen-bond acceptors (Lipinski definition) is 3. The van der Waals surface area contributed by atoms with Crippen LogP contribution in [0.3, 0.4) is 0 Å². The largest absolute Gasteiger partial charge is 0.396 e. The molecule has 3 N–H and O–H groups in total. The molecule has 0 spiro atoms. The van der Waals surface area contributed by atoms with E-state index in [1.165, 1.54) is 6.92 Å². The molecular formula is C16H22N2O3. The number of carbonyl (C=O) groups is 2. The van der Waals surface area contributed by atoms with E-state index in [-0.39, 0.29) is 23.8 Å². The van der Waals surface area contributed by atoms with Crippen molar-refractivity contribution in [1.82, 2.24) is 5.32 Å². The van der Waals surface area contributed by atoms with Crippen LogP contribution in [0.1, 0.15) is 43.0 Å². The van der Waals surface area contributed by atoms with E-state index in [2.05, 4.69) is 10.6 Å². The van der Waals surface area contributed by atoms with Gasteiger partial charge in [0.2, 0.25) is 0 Å². The number of hydrogen-bond donors (Lipinski definition) is 3. The quantitative estimate of drug-likeness (QED) is 0.729. The fourth-order valence-electron chi connectivity index (χ4n) is 2.75. The summed E-state index contributed by atoms with van der Waals surface area (Å²) in [5, 5.41) is 15.1. The number of benzene rings is 1. The lowest BCUT2D eigenvalue weighted by atomic mass is 9.87. The highest BCUT2D eigenvalue weighted by atomic mass is 16.3. The summed E-state index contributed by atoms with van der Waals surface area (Å²) in [7, 11) is 0. The van der Waals surface area contributed by atoms with Gasteiger partial charge in [-0.3, -0.25) is 4.79 Å². The van der Waals surface area contributed by atoms with Crippen molar-refractivity contribution in [2.45, 2.75) is 32.6 Å². The molecule has 1 aromatic rings. The maximum Gasteiger partial charge on any atom is 0.319 e. The van der Waals surface area contributed by atoms with Crippen molar-refractivity contribution in [2.24, 2.45) is 5.41 Å². The van der Waals surface area contributed by atoms with Gasteiger partial charge < -0.3 is 15.7 Å². The fraction of sp³-hybridized carbons (Fsp3) is 0.500. The molecule has 2 amide bonds. The Morgan fingerprint density at radius 3 is 2.33 bits per heavy atom. The first-order valence-electron chi connectivity index (χ1n) is 7.31. The minimum atomic E-state index is -0.287. The average molecular weight is 290 g/mol. The Morgan fingerprint density at radius 1 is 1.19 bits per heavy atom. The van der Waals surface area contributed by atoms with Crippen LogP contribution in [0.2, 0.25) is 0 Å². The molecule has 114 valence electrons. The Kier molecular flexibility index (Phi) is 4.96. The Morgan fingerprint density at radius 2 is 1.81 bits per heavy atom. The lowest BCUT2D eigenvalue weighted by Gasteiger charge is -2.26. The lowest BCUT2D eigenvalue weighted by molar-refractivity contribution is 0.101. The Bertz CT molecular complexity index is 505. The summed E-state index contributed by atoms with van der Waals surface area (Å²) in [6.45, 7) is 2.10. The molecule has 0 aromatic heterocycles. The second-order valence-electron chi connectivity index (χ2n) is 5.81. The third kappa shape index (κ3) is 4.04. The smallest absolute Gasteiger partial charge is 0.319 e. The van der Waals surface area contributed by atoms with E-state index in [1.807, 2.05) is 0 Å². The van der Waals surface area contributed by atoms with Gasteiger partial charge in [0.1, 0.15) is 0 Å². The van der Waals surface area contributed by atoms with Gasteiger partial charge in [-0.2, -0.15) is 0 Å². The van der Waals surface area contributed by atoms with Crippen LogP contribution in [0.15, 0.2) is 24.3 Å². The van der Waals surface area contributed by atoms with Gasteiger partial charge in [-0.25, -0.2) is 4.79 Å². The Balaban J connectivity index is 1.85. The molecule has 1 aromatic carbocycles. The first-order valence-corrected chi connectivity index (χ1v) is 7.31. The highest BCUT2D eigenvalue weighted by Gasteiger charge is 2.33. The number of rotatable bonds is 5. The van der Waals surface area contributed by atoms with Crippen LogP contribution >= 0.6 is 0 Å². The summed E-state index contributed by atoms with van der Waals surface area (Å²) in [6.07, 6.45) is 4.13. The molecule has 5 heteroatoms. The maximum atomic E-state index is 11.9. The average Bonchev–Trinajstić information content (AvgIpc) is 2.95. The van der Waals surface area contributed by atoms with Crippen molar-refractivity contribution in [3.8, 4) is 0 Å². The van der Waals surface area contributed by atoms with Crippen LogP contribution in [-0.2, 0) is 0 Å². The summed E-state index contributed by atoms with van der Waals surface area (Å²) in [5.74, 6) is -0.00266. The first kappa shape index (κ1) is 15.5. The number of nitrogens with one attached hydrogen (secondary N) is 2. The van der Waals surface area contributed by atoms with Crippen molar-refractivity contribution in [3.05, 3.63) is 29.8 Å². The predicted molar refractivity (Wildman–Crippen MR) is 81.5 cm³/mol. The SMILES string of the molecule is CC(=O)c1ccc(NC(=O)NCC2(CO)CCCC2)cc1. The molecule has 0 heterocycles. The summed E-state index contributed by atoms with van der Waals surface area (Å²) in [4.78, 5) is 23.0. The van der Waals surface area contributed by atoms with E-state index >= 15 is 0 Å². The number of urea groups is 1. The first-order chi connectivity index (χ1) is 10.0. The molecule has 1 saturated carbocycles. The summed E-state index contributed by atoms with van der Waals surface area (Å²) < 4.78 is 0. The molecule has 0 unspecified atom stereocenters. The molecule has 5 nitrogen and oxygen atoms in total. The summed E-state index contributed by atoms with van der Waals surface area (Å²) in [5.41, 5.74) is 1.10. The third-order valence-electron chi connectivity index (χ3n) is 4.17. The fourth-order valence-corrected chi connectivity index (χ4v) is 2.75. The van der Waals surface area contributed by atoms with E-state index < -0.39 is 0 Å². The number of aliphatic hydroxyl groups is 1. The third-order valence-corrected chi connectivity index (χ3v) is 4.17. The van der Waals surface area contributed by atoms with E-state index in [1.54, 1.807) is 24.3 Å². The van der Waals surface area contributed by atoms with Gasteiger partial charge in [0.15, 0.2) is 5.78 Å². The van der Waals surface area contributed by atoms with Crippen LogP contribution in [0.4, 0.5) is 10.5 Å². The Labute approximate surface area is 124 Å². The molecule has 0 aliphatic heterocycles. The van der Waals surface area contributed by atoms with Crippen molar-refractivity contribution >= 4 is 17.5 Å². The van der Waals surface area contributed by atoms with Gasteiger partial charge in [0, 0.05) is 23.2 Å². The van der Waals surface area contributed by atoms with Gasteiger partial charge >= 0.3 is 6.03 Å². The zero-order valence-corrected chi connectivity index (χ0v) is 12.3. The second kappa shape index (κ2) is 6.72. The minimum absolute atomic E-state index is 0.00266. The van der Waals surface area contributed by atoms with Gasteiger partial charge in [-0.15, -0.1) is 0 Å². The van der Waals surface area contributed by atoms with Crippen LogP contribution < -0.4 is 10.6 Å². The van der Waals surface area contributed by atoms with E-state index in [9.17, 15) is 14.7 Å². The van der Waals surface area contributed by atoms with Crippen molar-refractivity contribution in [1.29, 1.82) is 0 Å². The molecule has 0 atom stereocenters. The molecular weight excluding hydrogens is 268 g/mol. The second-order valence-corrected chi connectivity index (χ2v) is 5.81. The number of amides is 2.